The number of hydrogen-bond acceptors (Lipinski definition) is 6. The fourth-order valence-electron chi connectivity index (χ4n) is 2.67. The first-order valence-corrected chi connectivity index (χ1v) is 7.69. The number of aromatic nitrogens is 5. The van der Waals surface area contributed by atoms with Gasteiger partial charge < -0.3 is 14.1 Å². The fraction of sp³-hybridized carbons (Fsp3) is 0.118. The predicted octanol–water partition coefficient (Wildman–Crippen LogP) is 1.82. The number of benzene rings is 1. The Morgan fingerprint density at radius 1 is 1.20 bits per heavy atom. The van der Waals surface area contributed by atoms with Gasteiger partial charge in [-0.25, -0.2) is 0 Å². The number of H-pyrrole nitrogens is 1. The normalized spacial score (nSPS) is 11.1. The van der Waals surface area contributed by atoms with Crippen molar-refractivity contribution in [3.05, 3.63) is 63.3 Å². The number of aromatic amines is 1. The molecule has 0 atom stereocenters. The molecule has 3 aromatic heterocycles. The van der Waals surface area contributed by atoms with E-state index in [9.17, 15) is 9.59 Å². The molecular formula is C17H13N5O3. The molecule has 0 spiro atoms. The van der Waals surface area contributed by atoms with Crippen molar-refractivity contribution in [3.63, 3.8) is 0 Å². The highest BCUT2D eigenvalue weighted by molar-refractivity contribution is 5.80. The van der Waals surface area contributed by atoms with E-state index in [1.165, 1.54) is 4.57 Å². The number of hydrogen-bond donors (Lipinski definition) is 1. The van der Waals surface area contributed by atoms with Crippen LogP contribution in [0.25, 0.3) is 34.0 Å². The third kappa shape index (κ3) is 2.53. The van der Waals surface area contributed by atoms with Gasteiger partial charge in [0.25, 0.3) is 5.89 Å². The van der Waals surface area contributed by atoms with Gasteiger partial charge in [0.15, 0.2) is 0 Å². The molecule has 0 amide bonds. The Balaban J connectivity index is 1.83. The molecular weight excluding hydrogens is 322 g/mol. The van der Waals surface area contributed by atoms with E-state index in [0.29, 0.717) is 40.6 Å². The van der Waals surface area contributed by atoms with Crippen LogP contribution in [-0.2, 0) is 6.54 Å². The Hall–Kier alpha value is -3.55. The molecule has 3 heterocycles. The summed E-state index contributed by atoms with van der Waals surface area (Å²) in [6, 6.07) is 10.6. The van der Waals surface area contributed by atoms with Crippen molar-refractivity contribution >= 4 is 11.0 Å². The fourth-order valence-corrected chi connectivity index (χ4v) is 2.67. The smallest absolute Gasteiger partial charge is 0.316 e. The summed E-state index contributed by atoms with van der Waals surface area (Å²) < 4.78 is 6.68. The van der Waals surface area contributed by atoms with Crippen LogP contribution in [0, 0.1) is 0 Å². The van der Waals surface area contributed by atoms with Gasteiger partial charge in [-0.3, -0.25) is 14.6 Å². The molecule has 4 aromatic rings. The first-order chi connectivity index (χ1) is 12.2. The maximum atomic E-state index is 11.9. The van der Waals surface area contributed by atoms with Gasteiger partial charge in [-0.2, -0.15) is 4.98 Å². The second-order valence-corrected chi connectivity index (χ2v) is 5.37. The summed E-state index contributed by atoms with van der Waals surface area (Å²) in [5.41, 5.74) is 1.19. The van der Waals surface area contributed by atoms with Gasteiger partial charge in [0, 0.05) is 18.3 Å². The summed E-state index contributed by atoms with van der Waals surface area (Å²) in [6.45, 7) is 2.22. The highest BCUT2D eigenvalue weighted by Crippen LogP contribution is 2.23. The third-order valence-electron chi connectivity index (χ3n) is 3.86. The molecule has 0 saturated heterocycles. The molecule has 0 saturated carbocycles. The van der Waals surface area contributed by atoms with E-state index < -0.39 is 11.1 Å². The largest absolute Gasteiger partial charge is 0.332 e. The van der Waals surface area contributed by atoms with Crippen molar-refractivity contribution in [1.82, 2.24) is 24.7 Å². The van der Waals surface area contributed by atoms with Crippen LogP contribution in [0.4, 0.5) is 0 Å². The van der Waals surface area contributed by atoms with Crippen molar-refractivity contribution in [2.75, 3.05) is 0 Å². The lowest BCUT2D eigenvalue weighted by molar-refractivity contribution is 0.431. The molecule has 0 aliphatic rings. The van der Waals surface area contributed by atoms with Gasteiger partial charge in [-0.05, 0) is 37.3 Å². The van der Waals surface area contributed by atoms with Gasteiger partial charge in [0.05, 0.1) is 11.0 Å². The number of nitrogens with zero attached hydrogens (tertiary/aromatic N) is 4. The van der Waals surface area contributed by atoms with Crippen molar-refractivity contribution in [2.45, 2.75) is 13.5 Å². The van der Waals surface area contributed by atoms with E-state index in [1.54, 1.807) is 36.5 Å². The van der Waals surface area contributed by atoms with Crippen molar-refractivity contribution < 1.29 is 4.52 Å². The van der Waals surface area contributed by atoms with Gasteiger partial charge in [0.1, 0.15) is 5.69 Å². The average molecular weight is 335 g/mol. The minimum absolute atomic E-state index is 0.308. The molecule has 124 valence electrons. The Labute approximate surface area is 140 Å². The second-order valence-electron chi connectivity index (χ2n) is 5.37. The van der Waals surface area contributed by atoms with Crippen LogP contribution in [-0.4, -0.2) is 24.7 Å². The summed E-state index contributed by atoms with van der Waals surface area (Å²) >= 11 is 0. The molecule has 1 N–H and O–H groups in total. The summed E-state index contributed by atoms with van der Waals surface area (Å²) in [7, 11) is 0. The van der Waals surface area contributed by atoms with Gasteiger partial charge in [-0.1, -0.05) is 11.2 Å². The average Bonchev–Trinajstić information content (AvgIpc) is 3.13. The Bertz CT molecular complexity index is 1170. The Morgan fingerprint density at radius 2 is 2.08 bits per heavy atom. The zero-order chi connectivity index (χ0) is 17.4. The van der Waals surface area contributed by atoms with Gasteiger partial charge >= 0.3 is 11.1 Å². The monoisotopic (exact) mass is 335 g/mol. The van der Waals surface area contributed by atoms with Gasteiger partial charge in [0.2, 0.25) is 5.82 Å². The van der Waals surface area contributed by atoms with Crippen LogP contribution in [0.2, 0.25) is 0 Å². The zero-order valence-electron chi connectivity index (χ0n) is 13.3. The van der Waals surface area contributed by atoms with Crippen LogP contribution >= 0.6 is 0 Å². The maximum Gasteiger partial charge on any atom is 0.316 e. The lowest BCUT2D eigenvalue weighted by Crippen LogP contribution is -2.35. The highest BCUT2D eigenvalue weighted by Gasteiger charge is 2.13. The number of fused-ring (bicyclic) bond motifs is 1. The molecule has 0 fully saturated rings. The summed E-state index contributed by atoms with van der Waals surface area (Å²) in [6.07, 6.45) is 1.64. The van der Waals surface area contributed by atoms with E-state index in [0.717, 1.165) is 0 Å². The van der Waals surface area contributed by atoms with Crippen molar-refractivity contribution in [3.8, 4) is 23.0 Å². The van der Waals surface area contributed by atoms with Crippen LogP contribution < -0.4 is 11.1 Å². The molecule has 0 radical (unpaired) electrons. The molecule has 0 aliphatic heterocycles. The minimum atomic E-state index is -0.659. The van der Waals surface area contributed by atoms with Crippen molar-refractivity contribution in [1.29, 1.82) is 0 Å². The topological polar surface area (TPSA) is 107 Å². The number of rotatable bonds is 3. The number of pyridine rings is 1. The molecule has 0 unspecified atom stereocenters. The zero-order valence-corrected chi connectivity index (χ0v) is 13.3. The molecule has 0 aliphatic carbocycles. The predicted molar refractivity (Wildman–Crippen MR) is 91.0 cm³/mol. The van der Waals surface area contributed by atoms with E-state index in [-0.39, 0.29) is 0 Å². The van der Waals surface area contributed by atoms with Crippen LogP contribution in [0.3, 0.4) is 0 Å². The molecule has 0 bridgehead atoms. The number of aryl methyl sites for hydroxylation is 1. The van der Waals surface area contributed by atoms with E-state index >= 15 is 0 Å². The first-order valence-electron chi connectivity index (χ1n) is 7.69. The van der Waals surface area contributed by atoms with Crippen molar-refractivity contribution in [2.24, 2.45) is 0 Å². The van der Waals surface area contributed by atoms with Crippen LogP contribution in [0.5, 0.6) is 0 Å². The summed E-state index contributed by atoms with van der Waals surface area (Å²) in [5.74, 6) is 0.681. The first kappa shape index (κ1) is 15.0. The van der Waals surface area contributed by atoms with E-state index in [1.807, 2.05) is 13.0 Å². The maximum absolute atomic E-state index is 11.9. The lowest BCUT2D eigenvalue weighted by atomic mass is 10.2. The quantitative estimate of drug-likeness (QED) is 0.572. The molecule has 8 nitrogen and oxygen atoms in total. The highest BCUT2D eigenvalue weighted by atomic mass is 16.5. The SMILES string of the molecule is CCn1c(=O)c(=O)[nH]c2cc(-c3noc(-c4ccccn4)n3)ccc21. The minimum Gasteiger partial charge on any atom is -0.332 e. The Kier molecular flexibility index (Phi) is 3.50. The Morgan fingerprint density at radius 3 is 2.84 bits per heavy atom. The summed E-state index contributed by atoms with van der Waals surface area (Å²) in [5, 5.41) is 3.97. The van der Waals surface area contributed by atoms with E-state index in [2.05, 4.69) is 20.1 Å². The second kappa shape index (κ2) is 5.82. The van der Waals surface area contributed by atoms with Crippen LogP contribution in [0.1, 0.15) is 6.92 Å². The molecule has 4 rings (SSSR count). The van der Waals surface area contributed by atoms with Crippen LogP contribution in [0.15, 0.2) is 56.7 Å². The molecule has 8 heteroatoms. The molecule has 1 aromatic carbocycles. The molecule has 25 heavy (non-hydrogen) atoms. The van der Waals surface area contributed by atoms with Gasteiger partial charge in [-0.15, -0.1) is 0 Å². The summed E-state index contributed by atoms with van der Waals surface area (Å²) in [4.78, 5) is 34.8. The standard InChI is InChI=1S/C17H13N5O3/c1-2-22-13-7-6-10(9-12(13)19-15(23)17(22)24)14-20-16(25-21-14)11-5-3-4-8-18-11/h3-9H,2H2,1H3,(H,19,23). The van der Waals surface area contributed by atoms with E-state index in [4.69, 9.17) is 4.52 Å². The number of nitrogens with one attached hydrogen (secondary N) is 1. The lowest BCUT2D eigenvalue weighted by Gasteiger charge is -2.07. The third-order valence-corrected chi connectivity index (χ3v) is 3.86.